The van der Waals surface area contributed by atoms with Crippen LogP contribution in [0, 0.1) is 11.3 Å². The standard InChI is InChI=1S/C6H9N3O2/c1-8-5(10)4-6(11)9-3-2-7/h3-4H2,1H3,(H,8,10)(H,9,11). The summed E-state index contributed by atoms with van der Waals surface area (Å²) in [5.74, 6) is -0.800. The molecule has 0 aliphatic rings. The molecule has 0 heterocycles. The van der Waals surface area contributed by atoms with Crippen LogP contribution in [0.3, 0.4) is 0 Å². The molecule has 0 atom stereocenters. The molecule has 0 fully saturated rings. The Morgan fingerprint density at radius 1 is 1.45 bits per heavy atom. The van der Waals surface area contributed by atoms with Gasteiger partial charge in [-0.1, -0.05) is 0 Å². The van der Waals surface area contributed by atoms with E-state index < -0.39 is 5.91 Å². The SMILES string of the molecule is CNC(=O)CC(=O)NCC#N. The summed E-state index contributed by atoms with van der Waals surface area (Å²) >= 11 is 0. The van der Waals surface area contributed by atoms with E-state index >= 15 is 0 Å². The Morgan fingerprint density at radius 3 is 2.55 bits per heavy atom. The van der Waals surface area contributed by atoms with Gasteiger partial charge in [0, 0.05) is 7.05 Å². The van der Waals surface area contributed by atoms with Crippen LogP contribution in [0.15, 0.2) is 0 Å². The molecule has 0 saturated carbocycles. The van der Waals surface area contributed by atoms with E-state index in [1.54, 1.807) is 6.07 Å². The van der Waals surface area contributed by atoms with E-state index in [2.05, 4.69) is 10.6 Å². The van der Waals surface area contributed by atoms with Crippen molar-refractivity contribution in [3.63, 3.8) is 0 Å². The molecule has 0 aliphatic heterocycles. The highest BCUT2D eigenvalue weighted by atomic mass is 16.2. The minimum atomic E-state index is -0.439. The molecule has 2 N–H and O–H groups in total. The second-order valence-electron chi connectivity index (χ2n) is 1.78. The van der Waals surface area contributed by atoms with Gasteiger partial charge in [-0.05, 0) is 0 Å². The summed E-state index contributed by atoms with van der Waals surface area (Å²) in [7, 11) is 1.44. The topological polar surface area (TPSA) is 82.0 Å². The first-order valence-electron chi connectivity index (χ1n) is 3.05. The molecule has 0 radical (unpaired) electrons. The number of nitrogens with one attached hydrogen (secondary N) is 2. The first-order valence-corrected chi connectivity index (χ1v) is 3.05. The van der Waals surface area contributed by atoms with Gasteiger partial charge in [0.25, 0.3) is 0 Å². The number of hydrogen-bond donors (Lipinski definition) is 2. The average molecular weight is 155 g/mol. The zero-order chi connectivity index (χ0) is 8.69. The van der Waals surface area contributed by atoms with Crippen LogP contribution < -0.4 is 10.6 Å². The minimum Gasteiger partial charge on any atom is -0.359 e. The maximum absolute atomic E-state index is 10.6. The number of nitrogens with zero attached hydrogens (tertiary/aromatic N) is 1. The summed E-state index contributed by atoms with van der Waals surface area (Å²) in [6.07, 6.45) is -0.224. The van der Waals surface area contributed by atoms with Crippen molar-refractivity contribution in [2.45, 2.75) is 6.42 Å². The van der Waals surface area contributed by atoms with Crippen molar-refractivity contribution >= 4 is 11.8 Å². The van der Waals surface area contributed by atoms with Gasteiger partial charge >= 0.3 is 0 Å². The van der Waals surface area contributed by atoms with E-state index in [1.165, 1.54) is 7.05 Å². The number of carbonyl (C=O) groups is 2. The van der Waals surface area contributed by atoms with Crippen molar-refractivity contribution < 1.29 is 9.59 Å². The van der Waals surface area contributed by atoms with Gasteiger partial charge in [0.15, 0.2) is 0 Å². The second kappa shape index (κ2) is 5.23. The van der Waals surface area contributed by atoms with Gasteiger partial charge in [-0.3, -0.25) is 9.59 Å². The Hall–Kier alpha value is -1.57. The predicted molar refractivity (Wildman–Crippen MR) is 37.3 cm³/mol. The van der Waals surface area contributed by atoms with Crippen LogP contribution in [-0.4, -0.2) is 25.4 Å². The summed E-state index contributed by atoms with van der Waals surface area (Å²) in [6.45, 7) is -0.0597. The molecule has 2 amide bonds. The molecular weight excluding hydrogens is 146 g/mol. The van der Waals surface area contributed by atoms with Gasteiger partial charge in [0.1, 0.15) is 13.0 Å². The maximum atomic E-state index is 10.6. The number of nitriles is 1. The molecule has 0 bridgehead atoms. The lowest BCUT2D eigenvalue weighted by Crippen LogP contribution is -2.30. The van der Waals surface area contributed by atoms with Crippen molar-refractivity contribution in [1.29, 1.82) is 5.26 Å². The first-order chi connectivity index (χ1) is 5.20. The third-order valence-electron chi connectivity index (χ3n) is 0.965. The Kier molecular flexibility index (Phi) is 4.49. The number of rotatable bonds is 3. The van der Waals surface area contributed by atoms with Crippen LogP contribution in [0.4, 0.5) is 0 Å². The normalized spacial score (nSPS) is 8.00. The van der Waals surface area contributed by atoms with Gasteiger partial charge in [-0.15, -0.1) is 0 Å². The van der Waals surface area contributed by atoms with E-state index in [-0.39, 0.29) is 18.9 Å². The molecule has 0 aromatic carbocycles. The van der Waals surface area contributed by atoms with Crippen molar-refractivity contribution in [2.75, 3.05) is 13.6 Å². The lowest BCUT2D eigenvalue weighted by atomic mass is 10.4. The predicted octanol–water partition coefficient (Wildman–Crippen LogP) is -1.24. The Balaban J connectivity index is 3.54. The van der Waals surface area contributed by atoms with Crippen LogP contribution in [-0.2, 0) is 9.59 Å². The lowest BCUT2D eigenvalue weighted by Gasteiger charge is -1.98. The largest absolute Gasteiger partial charge is 0.359 e. The molecule has 60 valence electrons. The van der Waals surface area contributed by atoms with E-state index in [0.717, 1.165) is 0 Å². The van der Waals surface area contributed by atoms with Crippen LogP contribution in [0.25, 0.3) is 0 Å². The van der Waals surface area contributed by atoms with Gasteiger partial charge in [-0.2, -0.15) is 5.26 Å². The molecular formula is C6H9N3O2. The number of amides is 2. The molecule has 0 aromatic rings. The molecule has 5 nitrogen and oxygen atoms in total. The van der Waals surface area contributed by atoms with E-state index in [1.807, 2.05) is 0 Å². The first kappa shape index (κ1) is 9.43. The van der Waals surface area contributed by atoms with Crippen molar-refractivity contribution in [2.24, 2.45) is 0 Å². The fourth-order valence-electron chi connectivity index (χ4n) is 0.435. The molecule has 0 spiro atoms. The van der Waals surface area contributed by atoms with Gasteiger partial charge in [0.05, 0.1) is 6.07 Å². The summed E-state index contributed by atoms with van der Waals surface area (Å²) in [6, 6.07) is 1.73. The van der Waals surface area contributed by atoms with Crippen LogP contribution in [0.1, 0.15) is 6.42 Å². The van der Waals surface area contributed by atoms with Gasteiger partial charge < -0.3 is 10.6 Å². The molecule has 5 heteroatoms. The molecule has 0 aliphatic carbocycles. The van der Waals surface area contributed by atoms with Crippen LogP contribution in [0.2, 0.25) is 0 Å². The molecule has 11 heavy (non-hydrogen) atoms. The maximum Gasteiger partial charge on any atom is 0.230 e. The van der Waals surface area contributed by atoms with Crippen LogP contribution >= 0.6 is 0 Å². The van der Waals surface area contributed by atoms with Gasteiger partial charge in [0.2, 0.25) is 11.8 Å². The summed E-state index contributed by atoms with van der Waals surface area (Å²) in [5, 5.41) is 12.6. The third-order valence-corrected chi connectivity index (χ3v) is 0.965. The molecule has 0 unspecified atom stereocenters. The summed E-state index contributed by atoms with van der Waals surface area (Å²) in [5.41, 5.74) is 0. The highest BCUT2D eigenvalue weighted by Crippen LogP contribution is 1.77. The number of carbonyl (C=O) groups excluding carboxylic acids is 2. The fraction of sp³-hybridized carbons (Fsp3) is 0.500. The Labute approximate surface area is 64.4 Å². The van der Waals surface area contributed by atoms with E-state index in [9.17, 15) is 9.59 Å². The van der Waals surface area contributed by atoms with E-state index in [4.69, 9.17) is 5.26 Å². The smallest absolute Gasteiger partial charge is 0.230 e. The Morgan fingerprint density at radius 2 is 2.09 bits per heavy atom. The second-order valence-corrected chi connectivity index (χ2v) is 1.78. The quantitative estimate of drug-likeness (QED) is 0.395. The number of hydrogen-bond acceptors (Lipinski definition) is 3. The summed E-state index contributed by atoms with van der Waals surface area (Å²) < 4.78 is 0. The zero-order valence-corrected chi connectivity index (χ0v) is 6.18. The summed E-state index contributed by atoms with van der Waals surface area (Å²) in [4.78, 5) is 21.2. The monoisotopic (exact) mass is 155 g/mol. The lowest BCUT2D eigenvalue weighted by molar-refractivity contribution is -0.128. The Bertz CT molecular complexity index is 194. The van der Waals surface area contributed by atoms with Crippen LogP contribution in [0.5, 0.6) is 0 Å². The average Bonchev–Trinajstić information content (AvgIpc) is 2.00. The highest BCUT2D eigenvalue weighted by Gasteiger charge is 2.05. The van der Waals surface area contributed by atoms with E-state index in [0.29, 0.717) is 0 Å². The highest BCUT2D eigenvalue weighted by molar-refractivity contribution is 5.96. The molecule has 0 saturated heterocycles. The fourth-order valence-corrected chi connectivity index (χ4v) is 0.435. The van der Waals surface area contributed by atoms with Crippen molar-refractivity contribution in [1.82, 2.24) is 10.6 Å². The van der Waals surface area contributed by atoms with Crippen molar-refractivity contribution in [3.8, 4) is 6.07 Å². The van der Waals surface area contributed by atoms with Crippen molar-refractivity contribution in [3.05, 3.63) is 0 Å². The minimum absolute atomic E-state index is 0.0597. The molecule has 0 aromatic heterocycles. The molecule has 0 rings (SSSR count). The third kappa shape index (κ3) is 4.90. The van der Waals surface area contributed by atoms with Gasteiger partial charge in [-0.25, -0.2) is 0 Å². The zero-order valence-electron chi connectivity index (χ0n) is 6.18.